The minimum Gasteiger partial charge on any atom is -0.286 e. The first kappa shape index (κ1) is 14.6. The van der Waals surface area contributed by atoms with E-state index >= 15 is 0 Å². The Morgan fingerprint density at radius 3 is 2.25 bits per heavy atom. The summed E-state index contributed by atoms with van der Waals surface area (Å²) in [4.78, 5) is 13.4. The molecule has 0 saturated heterocycles. The molecule has 0 aromatic heterocycles. The molecule has 1 unspecified atom stereocenters. The number of hydrogen-bond acceptors (Lipinski definition) is 2. The monoisotopic (exact) mass is 282 g/mol. The van der Waals surface area contributed by atoms with Gasteiger partial charge < -0.3 is 0 Å². The van der Waals surface area contributed by atoms with Crippen LogP contribution in [0.3, 0.4) is 0 Å². The molecule has 0 radical (unpaired) electrons. The van der Waals surface area contributed by atoms with E-state index in [1.54, 1.807) is 0 Å². The maximum Gasteiger partial charge on any atom is 0.200 e. The fourth-order valence-electron chi connectivity index (χ4n) is 2.01. The SMILES string of the molecule is C/C=C/C(Cc1ccccc1)C(=O)Sc1ccccc1. The van der Waals surface area contributed by atoms with Gasteiger partial charge in [-0.3, -0.25) is 4.79 Å². The van der Waals surface area contributed by atoms with Crippen molar-refractivity contribution in [3.05, 3.63) is 78.4 Å². The molecule has 0 aliphatic heterocycles. The van der Waals surface area contributed by atoms with E-state index in [-0.39, 0.29) is 11.0 Å². The molecule has 0 bridgehead atoms. The molecular formula is C18H18OS. The average Bonchev–Trinajstić information content (AvgIpc) is 2.49. The quantitative estimate of drug-likeness (QED) is 0.582. The van der Waals surface area contributed by atoms with E-state index in [4.69, 9.17) is 0 Å². The lowest BCUT2D eigenvalue weighted by atomic mass is 10.0. The fourth-order valence-corrected chi connectivity index (χ4v) is 2.85. The van der Waals surface area contributed by atoms with Gasteiger partial charge in [-0.15, -0.1) is 0 Å². The average molecular weight is 282 g/mol. The number of benzene rings is 2. The molecule has 0 N–H and O–H groups in total. The van der Waals surface area contributed by atoms with E-state index in [1.165, 1.54) is 17.3 Å². The molecule has 0 spiro atoms. The van der Waals surface area contributed by atoms with Crippen molar-refractivity contribution in [1.82, 2.24) is 0 Å². The molecule has 1 nitrogen and oxygen atoms in total. The normalized spacial score (nSPS) is 12.4. The summed E-state index contributed by atoms with van der Waals surface area (Å²) >= 11 is 1.32. The highest BCUT2D eigenvalue weighted by Crippen LogP contribution is 2.24. The first-order valence-corrected chi connectivity index (χ1v) is 7.54. The molecule has 102 valence electrons. The van der Waals surface area contributed by atoms with Gasteiger partial charge in [0.15, 0.2) is 0 Å². The summed E-state index contributed by atoms with van der Waals surface area (Å²) < 4.78 is 0. The third kappa shape index (κ3) is 4.39. The molecule has 0 heterocycles. The maximum atomic E-state index is 12.4. The van der Waals surface area contributed by atoms with Crippen molar-refractivity contribution in [2.45, 2.75) is 18.2 Å². The molecule has 1 atom stereocenters. The summed E-state index contributed by atoms with van der Waals surface area (Å²) in [6, 6.07) is 20.0. The van der Waals surface area contributed by atoms with Gasteiger partial charge >= 0.3 is 0 Å². The van der Waals surface area contributed by atoms with Crippen LogP contribution in [-0.2, 0) is 11.2 Å². The Labute approximate surface area is 124 Å². The predicted molar refractivity (Wildman–Crippen MR) is 85.8 cm³/mol. The molecule has 0 amide bonds. The van der Waals surface area contributed by atoms with Crippen molar-refractivity contribution < 1.29 is 4.79 Å². The zero-order chi connectivity index (χ0) is 14.2. The highest BCUT2D eigenvalue weighted by atomic mass is 32.2. The van der Waals surface area contributed by atoms with Gasteiger partial charge in [-0.25, -0.2) is 0 Å². The first-order valence-electron chi connectivity index (χ1n) is 6.73. The molecule has 0 saturated carbocycles. The van der Waals surface area contributed by atoms with Crippen LogP contribution in [0.5, 0.6) is 0 Å². The van der Waals surface area contributed by atoms with Crippen LogP contribution in [0.2, 0.25) is 0 Å². The lowest BCUT2D eigenvalue weighted by molar-refractivity contribution is -0.113. The van der Waals surface area contributed by atoms with Crippen molar-refractivity contribution in [2.75, 3.05) is 0 Å². The highest BCUT2D eigenvalue weighted by Gasteiger charge is 2.17. The summed E-state index contributed by atoms with van der Waals surface area (Å²) in [5.74, 6) is -0.0763. The van der Waals surface area contributed by atoms with E-state index in [0.29, 0.717) is 0 Å². The van der Waals surface area contributed by atoms with E-state index < -0.39 is 0 Å². The summed E-state index contributed by atoms with van der Waals surface area (Å²) in [6.45, 7) is 1.96. The largest absolute Gasteiger partial charge is 0.286 e. The Kier molecular flexibility index (Phi) is 5.63. The Hall–Kier alpha value is -1.80. The van der Waals surface area contributed by atoms with Crippen molar-refractivity contribution >= 4 is 16.9 Å². The van der Waals surface area contributed by atoms with E-state index in [9.17, 15) is 4.79 Å². The summed E-state index contributed by atoms with van der Waals surface area (Å²) in [5.41, 5.74) is 1.19. The molecule has 2 rings (SSSR count). The minimum atomic E-state index is -0.0763. The molecular weight excluding hydrogens is 264 g/mol. The smallest absolute Gasteiger partial charge is 0.200 e. The highest BCUT2D eigenvalue weighted by molar-refractivity contribution is 8.13. The Bertz CT molecular complexity index is 560. The number of allylic oxidation sites excluding steroid dienone is 2. The van der Waals surface area contributed by atoms with Crippen LogP contribution in [0, 0.1) is 5.92 Å². The van der Waals surface area contributed by atoms with E-state index in [1.807, 2.05) is 67.6 Å². The zero-order valence-electron chi connectivity index (χ0n) is 11.5. The summed E-state index contributed by atoms with van der Waals surface area (Å²) in [7, 11) is 0. The van der Waals surface area contributed by atoms with Crippen molar-refractivity contribution in [3.8, 4) is 0 Å². The van der Waals surface area contributed by atoms with Crippen molar-refractivity contribution in [1.29, 1.82) is 0 Å². The second kappa shape index (κ2) is 7.71. The van der Waals surface area contributed by atoms with E-state index in [0.717, 1.165) is 11.3 Å². The zero-order valence-corrected chi connectivity index (χ0v) is 12.3. The lowest BCUT2D eigenvalue weighted by Crippen LogP contribution is -2.11. The molecule has 2 heteroatoms. The number of thioether (sulfide) groups is 1. The number of carbonyl (C=O) groups excluding carboxylic acids is 1. The van der Waals surface area contributed by atoms with Gasteiger partial charge in [0.25, 0.3) is 0 Å². The van der Waals surface area contributed by atoms with Crippen LogP contribution in [0.25, 0.3) is 0 Å². The lowest BCUT2D eigenvalue weighted by Gasteiger charge is -2.11. The Morgan fingerprint density at radius 1 is 1.05 bits per heavy atom. The fraction of sp³-hybridized carbons (Fsp3) is 0.167. The standard InChI is InChI=1S/C18H18OS/c1-2-9-16(14-15-10-5-3-6-11-15)18(19)20-17-12-7-4-8-13-17/h2-13,16H,14H2,1H3/b9-2+. The van der Waals surface area contributed by atoms with Crippen LogP contribution in [0.4, 0.5) is 0 Å². The Balaban J connectivity index is 2.06. The number of carbonyl (C=O) groups is 1. The van der Waals surface area contributed by atoms with Gasteiger partial charge in [0, 0.05) is 4.90 Å². The minimum absolute atomic E-state index is 0.0763. The van der Waals surface area contributed by atoms with Crippen LogP contribution in [-0.4, -0.2) is 5.12 Å². The van der Waals surface area contributed by atoms with E-state index in [2.05, 4.69) is 12.1 Å². The third-order valence-corrected chi connectivity index (χ3v) is 4.00. The van der Waals surface area contributed by atoms with Crippen molar-refractivity contribution in [3.63, 3.8) is 0 Å². The first-order chi connectivity index (χ1) is 9.79. The van der Waals surface area contributed by atoms with Gasteiger partial charge in [-0.05, 0) is 31.0 Å². The number of rotatable bonds is 5. The molecule has 0 aliphatic carbocycles. The summed E-state index contributed by atoms with van der Waals surface area (Å²) in [6.07, 6.45) is 4.70. The second-order valence-corrected chi connectivity index (χ2v) is 5.63. The topological polar surface area (TPSA) is 17.1 Å². The van der Waals surface area contributed by atoms with Gasteiger partial charge in [0.05, 0.1) is 5.92 Å². The third-order valence-electron chi connectivity index (χ3n) is 2.99. The van der Waals surface area contributed by atoms with Crippen LogP contribution in [0.1, 0.15) is 12.5 Å². The molecule has 2 aromatic rings. The van der Waals surface area contributed by atoms with Gasteiger partial charge in [-0.2, -0.15) is 0 Å². The van der Waals surface area contributed by atoms with Crippen LogP contribution in [0.15, 0.2) is 77.7 Å². The van der Waals surface area contributed by atoms with Gasteiger partial charge in [-0.1, -0.05) is 72.4 Å². The van der Waals surface area contributed by atoms with Gasteiger partial charge in [0.2, 0.25) is 5.12 Å². The predicted octanol–water partition coefficient (Wildman–Crippen LogP) is 4.74. The molecule has 2 aromatic carbocycles. The summed E-state index contributed by atoms with van der Waals surface area (Å²) in [5, 5.41) is 0.193. The molecule has 0 aliphatic rings. The second-order valence-electron chi connectivity index (χ2n) is 4.56. The Morgan fingerprint density at radius 2 is 1.65 bits per heavy atom. The van der Waals surface area contributed by atoms with Crippen molar-refractivity contribution in [2.24, 2.45) is 5.92 Å². The van der Waals surface area contributed by atoms with Gasteiger partial charge in [0.1, 0.15) is 0 Å². The molecule has 0 fully saturated rings. The maximum absolute atomic E-state index is 12.4. The molecule has 20 heavy (non-hydrogen) atoms. The van der Waals surface area contributed by atoms with Crippen LogP contribution < -0.4 is 0 Å². The van der Waals surface area contributed by atoms with Crippen LogP contribution >= 0.6 is 11.8 Å². The number of hydrogen-bond donors (Lipinski definition) is 0.